The van der Waals surface area contributed by atoms with E-state index in [0.717, 1.165) is 29.5 Å². The maximum atomic E-state index is 14.8. The number of halogens is 1. The molecule has 1 saturated carbocycles. The Labute approximate surface area is 217 Å². The molecule has 3 atom stereocenters. The first-order chi connectivity index (χ1) is 17.8. The van der Waals surface area contributed by atoms with Crippen LogP contribution in [0.4, 0.5) is 4.39 Å². The molecule has 2 aromatic carbocycles. The first-order valence-corrected chi connectivity index (χ1v) is 12.7. The average Bonchev–Trinajstić information content (AvgIpc) is 3.74. The maximum Gasteiger partial charge on any atom is 0.309 e. The molecule has 3 aromatic rings. The highest BCUT2D eigenvalue weighted by Gasteiger charge is 2.39. The molecule has 7 heteroatoms. The molecule has 0 spiro atoms. The van der Waals surface area contributed by atoms with Crippen LogP contribution in [-0.4, -0.2) is 35.4 Å². The molecule has 37 heavy (non-hydrogen) atoms. The highest BCUT2D eigenvalue weighted by atomic mass is 19.1. The zero-order valence-electron chi connectivity index (χ0n) is 21.5. The number of aliphatic hydroxyl groups excluding tert-OH is 1. The number of aryl methyl sites for hydroxylation is 1. The van der Waals surface area contributed by atoms with E-state index in [-0.39, 0.29) is 29.1 Å². The normalized spacial score (nSPS) is 15.6. The number of ether oxygens (including phenoxy) is 2. The minimum Gasteiger partial charge on any atom is -0.508 e. The van der Waals surface area contributed by atoms with Gasteiger partial charge in [0.1, 0.15) is 11.6 Å². The van der Waals surface area contributed by atoms with Crippen molar-refractivity contribution in [3.8, 4) is 22.8 Å². The van der Waals surface area contributed by atoms with Crippen molar-refractivity contribution in [3.63, 3.8) is 0 Å². The Morgan fingerprint density at radius 3 is 2.51 bits per heavy atom. The van der Waals surface area contributed by atoms with Gasteiger partial charge in [-0.15, -0.1) is 0 Å². The van der Waals surface area contributed by atoms with Crippen LogP contribution in [-0.2, 0) is 16.0 Å². The summed E-state index contributed by atoms with van der Waals surface area (Å²) in [6.07, 6.45) is 4.25. The minimum atomic E-state index is -0.956. The fraction of sp³-hybridized carbons (Fsp3) is 0.400. The number of aromatic hydroxyl groups is 1. The van der Waals surface area contributed by atoms with Crippen molar-refractivity contribution in [2.24, 2.45) is 11.8 Å². The van der Waals surface area contributed by atoms with Gasteiger partial charge in [-0.25, -0.2) is 9.37 Å². The number of aromatic nitrogens is 1. The largest absolute Gasteiger partial charge is 0.508 e. The first-order valence-electron chi connectivity index (χ1n) is 12.7. The van der Waals surface area contributed by atoms with Gasteiger partial charge >= 0.3 is 5.97 Å². The molecule has 4 rings (SSSR count). The molecular weight excluding hydrogens is 473 g/mol. The molecule has 0 aliphatic heterocycles. The molecule has 1 aromatic heterocycles. The average molecular weight is 508 g/mol. The molecule has 3 unspecified atom stereocenters. The molecule has 6 nitrogen and oxygen atoms in total. The summed E-state index contributed by atoms with van der Waals surface area (Å²) in [6, 6.07) is 13.9. The number of esters is 1. The van der Waals surface area contributed by atoms with Gasteiger partial charge in [-0.3, -0.25) is 4.79 Å². The van der Waals surface area contributed by atoms with Crippen molar-refractivity contribution < 1.29 is 28.9 Å². The Balaban J connectivity index is 1.38. The van der Waals surface area contributed by atoms with E-state index in [1.807, 2.05) is 19.1 Å². The zero-order chi connectivity index (χ0) is 26.5. The van der Waals surface area contributed by atoms with Crippen molar-refractivity contribution in [1.82, 2.24) is 4.98 Å². The molecule has 2 N–H and O–H groups in total. The molecule has 1 aliphatic carbocycles. The summed E-state index contributed by atoms with van der Waals surface area (Å²) in [4.78, 5) is 16.2. The Morgan fingerprint density at radius 1 is 1.11 bits per heavy atom. The number of pyridine rings is 1. The highest BCUT2D eigenvalue weighted by molar-refractivity contribution is 5.73. The van der Waals surface area contributed by atoms with Crippen LogP contribution in [0.2, 0.25) is 0 Å². The molecule has 196 valence electrons. The van der Waals surface area contributed by atoms with Gasteiger partial charge in [0.2, 0.25) is 5.88 Å². The fourth-order valence-electron chi connectivity index (χ4n) is 5.08. The second kappa shape index (κ2) is 11.7. The van der Waals surface area contributed by atoms with Crippen LogP contribution in [0.25, 0.3) is 11.1 Å². The van der Waals surface area contributed by atoms with Crippen molar-refractivity contribution in [3.05, 3.63) is 77.2 Å². The van der Waals surface area contributed by atoms with E-state index in [4.69, 9.17) is 9.47 Å². The van der Waals surface area contributed by atoms with Crippen LogP contribution in [0.15, 0.2) is 54.7 Å². The summed E-state index contributed by atoms with van der Waals surface area (Å²) in [5.41, 5.74) is 3.39. The number of aliphatic hydroxyl groups is 1. The molecule has 1 fully saturated rings. The summed E-state index contributed by atoms with van der Waals surface area (Å²) in [5.74, 6) is 0.0796. The topological polar surface area (TPSA) is 88.9 Å². The van der Waals surface area contributed by atoms with Crippen molar-refractivity contribution in [1.29, 1.82) is 0 Å². The molecule has 0 radical (unpaired) electrons. The lowest BCUT2D eigenvalue weighted by Gasteiger charge is -2.23. The van der Waals surface area contributed by atoms with Crippen LogP contribution in [0.5, 0.6) is 11.6 Å². The van der Waals surface area contributed by atoms with Crippen LogP contribution in [0.3, 0.4) is 0 Å². The Morgan fingerprint density at radius 2 is 1.86 bits per heavy atom. The quantitative estimate of drug-likeness (QED) is 0.311. The number of nitrogens with zero attached hydrogens (tertiary/aromatic N) is 1. The number of carbonyl (C=O) groups excluding carboxylic acids is 1. The van der Waals surface area contributed by atoms with E-state index in [0.29, 0.717) is 36.6 Å². The third-order valence-electron chi connectivity index (χ3n) is 7.30. The fourth-order valence-corrected chi connectivity index (χ4v) is 5.08. The van der Waals surface area contributed by atoms with Gasteiger partial charge in [0.15, 0.2) is 0 Å². The van der Waals surface area contributed by atoms with E-state index in [1.165, 1.54) is 20.3 Å². The van der Waals surface area contributed by atoms with Crippen molar-refractivity contribution in [2.45, 2.75) is 51.0 Å². The number of phenols is 1. The number of benzene rings is 2. The van der Waals surface area contributed by atoms with E-state index in [1.54, 1.807) is 36.5 Å². The lowest BCUT2D eigenvalue weighted by Crippen LogP contribution is -2.22. The Bertz CT molecular complexity index is 1240. The van der Waals surface area contributed by atoms with Gasteiger partial charge in [-0.2, -0.15) is 0 Å². The number of hydrogen-bond acceptors (Lipinski definition) is 6. The SMILES string of the molecule is COC(=O)C(C)C(c1ccc(CCCC(O)c2ccc(-c3ccnc(OC)c3)cc2F)c(O)c1)C1CC1. The molecule has 0 bridgehead atoms. The summed E-state index contributed by atoms with van der Waals surface area (Å²) in [6.45, 7) is 1.88. The van der Waals surface area contributed by atoms with E-state index in [9.17, 15) is 19.4 Å². The van der Waals surface area contributed by atoms with E-state index >= 15 is 0 Å². The Kier molecular flexibility index (Phi) is 8.44. The standard InChI is InChI=1S/C30H34FNO5/c1-18(30(35)37-3)29(20-8-9-20)23-10-7-19(27(34)16-23)5-4-6-26(33)24-12-11-21(15-25(24)31)22-13-14-32-28(17-22)36-2/h7,10-18,20,26,29,33-34H,4-6,8-9H2,1-3H3. The highest BCUT2D eigenvalue weighted by Crippen LogP contribution is 2.47. The summed E-state index contributed by atoms with van der Waals surface area (Å²) in [7, 11) is 2.92. The summed E-state index contributed by atoms with van der Waals surface area (Å²) >= 11 is 0. The van der Waals surface area contributed by atoms with Crippen LogP contribution >= 0.6 is 0 Å². The molecule has 1 aliphatic rings. The summed E-state index contributed by atoms with van der Waals surface area (Å²) in [5, 5.41) is 21.3. The van der Waals surface area contributed by atoms with Crippen molar-refractivity contribution >= 4 is 5.97 Å². The van der Waals surface area contributed by atoms with Gasteiger partial charge in [0.25, 0.3) is 0 Å². The second-order valence-electron chi connectivity index (χ2n) is 9.79. The lowest BCUT2D eigenvalue weighted by atomic mass is 9.82. The van der Waals surface area contributed by atoms with Crippen LogP contribution < -0.4 is 4.74 Å². The van der Waals surface area contributed by atoms with Gasteiger partial charge in [0.05, 0.1) is 26.2 Å². The van der Waals surface area contributed by atoms with Crippen LogP contribution in [0, 0.1) is 17.7 Å². The van der Waals surface area contributed by atoms with Gasteiger partial charge in [-0.05, 0) is 84.4 Å². The number of rotatable bonds is 11. The van der Waals surface area contributed by atoms with Gasteiger partial charge in [-0.1, -0.05) is 31.2 Å². The third kappa shape index (κ3) is 6.28. The van der Waals surface area contributed by atoms with E-state index < -0.39 is 11.9 Å². The number of hydrogen-bond donors (Lipinski definition) is 2. The number of methoxy groups -OCH3 is 2. The molecular formula is C30H34FNO5. The number of phenolic OH excluding ortho intramolecular Hbond substituents is 1. The maximum absolute atomic E-state index is 14.8. The Hall–Kier alpha value is -3.45. The third-order valence-corrected chi connectivity index (χ3v) is 7.30. The second-order valence-corrected chi connectivity index (χ2v) is 9.79. The van der Waals surface area contributed by atoms with E-state index in [2.05, 4.69) is 4.98 Å². The zero-order valence-corrected chi connectivity index (χ0v) is 21.5. The predicted molar refractivity (Wildman–Crippen MR) is 139 cm³/mol. The van der Waals surface area contributed by atoms with Gasteiger partial charge < -0.3 is 19.7 Å². The van der Waals surface area contributed by atoms with Crippen LogP contribution in [0.1, 0.15) is 61.3 Å². The summed E-state index contributed by atoms with van der Waals surface area (Å²) < 4.78 is 24.9. The minimum absolute atomic E-state index is 0.0217. The molecule has 1 heterocycles. The predicted octanol–water partition coefficient (Wildman–Crippen LogP) is 5.96. The van der Waals surface area contributed by atoms with Crippen molar-refractivity contribution in [2.75, 3.05) is 14.2 Å². The van der Waals surface area contributed by atoms with Gasteiger partial charge in [0, 0.05) is 17.8 Å². The lowest BCUT2D eigenvalue weighted by molar-refractivity contribution is -0.145. The monoisotopic (exact) mass is 507 g/mol. The number of carbonyl (C=O) groups is 1. The molecule has 0 amide bonds. The smallest absolute Gasteiger partial charge is 0.309 e. The first kappa shape index (κ1) is 26.6. The molecule has 0 saturated heterocycles.